The monoisotopic (exact) mass is 312 g/mol. The number of carbonyl (C=O) groups excluding carboxylic acids is 1. The van der Waals surface area contributed by atoms with Crippen molar-refractivity contribution in [1.29, 1.82) is 0 Å². The van der Waals surface area contributed by atoms with E-state index in [1.54, 1.807) is 0 Å². The molecular weight excluding hydrogens is 300 g/mol. The fourth-order valence-corrected chi connectivity index (χ4v) is 3.49. The maximum absolute atomic E-state index is 11.4. The Bertz CT molecular complexity index is 527. The molecule has 0 aromatic carbocycles. The van der Waals surface area contributed by atoms with Crippen molar-refractivity contribution in [3.8, 4) is 0 Å². The molecule has 102 valence electrons. The Kier molecular flexibility index (Phi) is 5.51. The second-order valence-electron chi connectivity index (χ2n) is 3.43. The minimum atomic E-state index is -3.82. The summed E-state index contributed by atoms with van der Waals surface area (Å²) in [6.07, 6.45) is 0.818. The second kappa shape index (κ2) is 6.46. The van der Waals surface area contributed by atoms with Crippen LogP contribution in [0.1, 0.15) is 19.0 Å². The van der Waals surface area contributed by atoms with Crippen LogP contribution in [0.25, 0.3) is 0 Å². The van der Waals surface area contributed by atoms with E-state index >= 15 is 0 Å². The lowest BCUT2D eigenvalue weighted by atomic mass is 10.5. The second-order valence-corrected chi connectivity index (χ2v) is 7.19. The fourth-order valence-electron chi connectivity index (χ4n) is 1.13. The number of nitrogens with one attached hydrogen (secondary N) is 1. The molecule has 0 bridgehead atoms. The summed E-state index contributed by atoms with van der Waals surface area (Å²) in [5, 5.41) is 2.65. The first-order chi connectivity index (χ1) is 8.34. The van der Waals surface area contributed by atoms with E-state index in [0.29, 0.717) is 6.61 Å². The van der Waals surface area contributed by atoms with E-state index in [-0.39, 0.29) is 27.5 Å². The summed E-state index contributed by atoms with van der Waals surface area (Å²) >= 11 is 0.815. The van der Waals surface area contributed by atoms with E-state index in [2.05, 4.69) is 10.3 Å². The molecule has 0 saturated carbocycles. The molecule has 6 nitrogen and oxygen atoms in total. The zero-order valence-electron chi connectivity index (χ0n) is 9.90. The molecule has 0 saturated heterocycles. The third-order valence-electron chi connectivity index (χ3n) is 1.80. The third-order valence-corrected chi connectivity index (χ3v) is 5.05. The van der Waals surface area contributed by atoms with Crippen molar-refractivity contribution in [2.24, 2.45) is 0 Å². The number of rotatable bonds is 6. The standard InChI is InChI=1S/C9H13ClN2O4S2/c1-3-4-16-5-7(13)12-9-11-6(2)8(17-9)18(10,14)15/h3-5H2,1-2H3,(H,11,12,13). The van der Waals surface area contributed by atoms with Crippen LogP contribution in [0, 0.1) is 6.92 Å². The topological polar surface area (TPSA) is 85.4 Å². The van der Waals surface area contributed by atoms with Crippen molar-refractivity contribution in [1.82, 2.24) is 4.98 Å². The van der Waals surface area contributed by atoms with E-state index in [4.69, 9.17) is 15.4 Å². The number of halogens is 1. The van der Waals surface area contributed by atoms with Crippen molar-refractivity contribution < 1.29 is 17.9 Å². The van der Waals surface area contributed by atoms with E-state index in [9.17, 15) is 13.2 Å². The Morgan fingerprint density at radius 3 is 2.72 bits per heavy atom. The van der Waals surface area contributed by atoms with Crippen LogP contribution in [0.4, 0.5) is 5.13 Å². The average Bonchev–Trinajstić information content (AvgIpc) is 2.59. The van der Waals surface area contributed by atoms with E-state index in [1.807, 2.05) is 6.92 Å². The predicted octanol–water partition coefficient (Wildman–Crippen LogP) is 1.74. The number of ether oxygens (including phenoxy) is 1. The largest absolute Gasteiger partial charge is 0.372 e. The molecule has 1 rings (SSSR count). The molecule has 1 aromatic heterocycles. The summed E-state index contributed by atoms with van der Waals surface area (Å²) in [5.74, 6) is -0.379. The highest BCUT2D eigenvalue weighted by Gasteiger charge is 2.20. The zero-order valence-corrected chi connectivity index (χ0v) is 12.3. The van der Waals surface area contributed by atoms with Crippen LogP contribution in [-0.2, 0) is 18.6 Å². The van der Waals surface area contributed by atoms with Crippen LogP contribution in [0.15, 0.2) is 4.21 Å². The molecule has 1 N–H and O–H groups in total. The number of thiazole rings is 1. The van der Waals surface area contributed by atoms with Gasteiger partial charge in [0.1, 0.15) is 6.61 Å². The summed E-state index contributed by atoms with van der Waals surface area (Å²) in [6, 6.07) is 0. The molecule has 1 amide bonds. The number of aryl methyl sites for hydroxylation is 1. The molecule has 1 heterocycles. The van der Waals surface area contributed by atoms with Gasteiger partial charge in [0.05, 0.1) is 5.69 Å². The summed E-state index contributed by atoms with van der Waals surface area (Å²) in [5.41, 5.74) is 0.264. The van der Waals surface area contributed by atoms with Crippen molar-refractivity contribution in [3.05, 3.63) is 5.69 Å². The van der Waals surface area contributed by atoms with Crippen LogP contribution >= 0.6 is 22.0 Å². The molecule has 0 spiro atoms. The lowest BCUT2D eigenvalue weighted by Crippen LogP contribution is -2.18. The van der Waals surface area contributed by atoms with Gasteiger partial charge in [-0.3, -0.25) is 10.1 Å². The van der Waals surface area contributed by atoms with Crippen LogP contribution < -0.4 is 5.32 Å². The molecule has 18 heavy (non-hydrogen) atoms. The van der Waals surface area contributed by atoms with Gasteiger partial charge >= 0.3 is 0 Å². The van der Waals surface area contributed by atoms with Gasteiger partial charge in [-0.15, -0.1) is 0 Å². The number of carbonyl (C=O) groups is 1. The van der Waals surface area contributed by atoms with E-state index < -0.39 is 9.05 Å². The summed E-state index contributed by atoms with van der Waals surface area (Å²) in [6.45, 7) is 3.84. The highest BCUT2D eigenvalue weighted by atomic mass is 35.7. The van der Waals surface area contributed by atoms with Crippen LogP contribution in [0.3, 0.4) is 0 Å². The molecule has 0 fully saturated rings. The molecular formula is C9H13ClN2O4S2. The average molecular weight is 313 g/mol. The van der Waals surface area contributed by atoms with Gasteiger partial charge in [0.2, 0.25) is 0 Å². The first kappa shape index (κ1) is 15.4. The van der Waals surface area contributed by atoms with Crippen molar-refractivity contribution >= 4 is 42.1 Å². The smallest absolute Gasteiger partial charge is 0.272 e. The van der Waals surface area contributed by atoms with E-state index in [0.717, 1.165) is 17.8 Å². The Morgan fingerprint density at radius 2 is 2.22 bits per heavy atom. The first-order valence-corrected chi connectivity index (χ1v) is 8.27. The van der Waals surface area contributed by atoms with Crippen LogP contribution in [0.2, 0.25) is 0 Å². The molecule has 0 aliphatic carbocycles. The first-order valence-electron chi connectivity index (χ1n) is 5.14. The lowest BCUT2D eigenvalue weighted by Gasteiger charge is -2.01. The Balaban J connectivity index is 2.67. The Morgan fingerprint density at radius 1 is 1.56 bits per heavy atom. The number of aromatic nitrogens is 1. The van der Waals surface area contributed by atoms with Gasteiger partial charge in [0.25, 0.3) is 15.0 Å². The number of nitrogens with zero attached hydrogens (tertiary/aromatic N) is 1. The minimum absolute atomic E-state index is 0.0612. The van der Waals surface area contributed by atoms with Gasteiger partial charge in [-0.2, -0.15) is 0 Å². The summed E-state index contributed by atoms with van der Waals surface area (Å²) in [4.78, 5) is 15.3. The normalized spacial score (nSPS) is 11.5. The molecule has 0 atom stereocenters. The van der Waals surface area contributed by atoms with Gasteiger partial charge in [-0.1, -0.05) is 18.3 Å². The minimum Gasteiger partial charge on any atom is -0.372 e. The Labute approximate surface area is 114 Å². The van der Waals surface area contributed by atoms with Crippen molar-refractivity contribution in [3.63, 3.8) is 0 Å². The molecule has 1 aromatic rings. The van der Waals surface area contributed by atoms with Crippen LogP contribution in [0.5, 0.6) is 0 Å². The Hall–Kier alpha value is -0.700. The lowest BCUT2D eigenvalue weighted by molar-refractivity contribution is -0.120. The van der Waals surface area contributed by atoms with Crippen molar-refractivity contribution in [2.45, 2.75) is 24.5 Å². The molecule has 0 unspecified atom stereocenters. The fraction of sp³-hybridized carbons (Fsp3) is 0.556. The maximum atomic E-state index is 11.4. The number of hydrogen-bond donors (Lipinski definition) is 1. The SMILES string of the molecule is CCCOCC(=O)Nc1nc(C)c(S(=O)(=O)Cl)s1. The zero-order chi connectivity index (χ0) is 13.8. The van der Waals surface area contributed by atoms with Gasteiger partial charge in [-0.25, -0.2) is 13.4 Å². The van der Waals surface area contributed by atoms with E-state index in [1.165, 1.54) is 6.92 Å². The van der Waals surface area contributed by atoms with Crippen LogP contribution in [-0.4, -0.2) is 32.5 Å². The van der Waals surface area contributed by atoms with Gasteiger partial charge < -0.3 is 4.74 Å². The van der Waals surface area contributed by atoms with Gasteiger partial charge in [0, 0.05) is 17.3 Å². The van der Waals surface area contributed by atoms with Crippen molar-refractivity contribution in [2.75, 3.05) is 18.5 Å². The molecule has 9 heteroatoms. The quantitative estimate of drug-likeness (QED) is 0.639. The molecule has 0 aliphatic heterocycles. The number of amides is 1. The third kappa shape index (κ3) is 4.52. The maximum Gasteiger partial charge on any atom is 0.272 e. The van der Waals surface area contributed by atoms with Gasteiger partial charge in [-0.05, 0) is 13.3 Å². The van der Waals surface area contributed by atoms with Gasteiger partial charge in [0.15, 0.2) is 9.34 Å². The highest BCUT2D eigenvalue weighted by molar-refractivity contribution is 8.15. The number of hydrogen-bond acceptors (Lipinski definition) is 6. The predicted molar refractivity (Wildman–Crippen MR) is 69.6 cm³/mol. The molecule has 0 radical (unpaired) electrons. The highest BCUT2D eigenvalue weighted by Crippen LogP contribution is 2.29. The molecule has 0 aliphatic rings. The summed E-state index contributed by atoms with van der Waals surface area (Å²) < 4.78 is 27.3. The summed E-state index contributed by atoms with van der Waals surface area (Å²) in [7, 11) is 1.40. The number of anilines is 1.